The number of hydrogen-bond donors (Lipinski definition) is 1. The second kappa shape index (κ2) is 7.99. The third-order valence-corrected chi connectivity index (χ3v) is 9.98. The smallest absolute Gasteiger partial charge is 0.341 e. The number of methoxy groups -OCH3 is 1. The standard InChI is InChI=1S/C18H19ClN2O5S3/c1-26-18(23)15-10-4-2-6-12(10)27-17(15)20-16(22)11-5-3-9-21(11)29(24,25)14-8-7-13(19)28-14/h7-8,11H,2-6,9H2,1H3,(H,20,22). The third-order valence-electron chi connectivity index (χ3n) is 5.17. The van der Waals surface area contributed by atoms with Crippen LogP contribution in [0.1, 0.15) is 40.1 Å². The van der Waals surface area contributed by atoms with E-state index in [0.29, 0.717) is 27.7 Å². The molecule has 2 aliphatic rings. The summed E-state index contributed by atoms with van der Waals surface area (Å²) in [7, 11) is -2.50. The molecule has 3 heterocycles. The van der Waals surface area contributed by atoms with Gasteiger partial charge in [-0.25, -0.2) is 13.2 Å². The van der Waals surface area contributed by atoms with Crippen molar-refractivity contribution >= 4 is 61.2 Å². The van der Waals surface area contributed by atoms with Crippen molar-refractivity contribution in [2.75, 3.05) is 19.0 Å². The molecule has 0 bridgehead atoms. The number of ether oxygens (including phenoxy) is 1. The second-order valence-corrected chi connectivity index (χ2v) is 11.8. The summed E-state index contributed by atoms with van der Waals surface area (Å²) in [5.74, 6) is -0.914. The molecule has 1 saturated heterocycles. The van der Waals surface area contributed by atoms with Crippen LogP contribution in [-0.2, 0) is 32.4 Å². The van der Waals surface area contributed by atoms with Gasteiger partial charge >= 0.3 is 5.97 Å². The first-order chi connectivity index (χ1) is 13.8. The summed E-state index contributed by atoms with van der Waals surface area (Å²) in [6, 6.07) is 2.15. The van der Waals surface area contributed by atoms with Gasteiger partial charge in [0.15, 0.2) is 0 Å². The molecule has 0 radical (unpaired) electrons. The van der Waals surface area contributed by atoms with Gasteiger partial charge in [0.05, 0.1) is 17.0 Å². The molecule has 11 heteroatoms. The number of halogens is 1. The van der Waals surface area contributed by atoms with Crippen LogP contribution >= 0.6 is 34.3 Å². The molecule has 2 aromatic heterocycles. The van der Waals surface area contributed by atoms with Gasteiger partial charge in [0.1, 0.15) is 15.3 Å². The number of anilines is 1. The summed E-state index contributed by atoms with van der Waals surface area (Å²) in [4.78, 5) is 26.4. The molecule has 1 fully saturated rings. The number of thiophene rings is 2. The van der Waals surface area contributed by atoms with Crippen LogP contribution in [0.4, 0.5) is 5.00 Å². The zero-order valence-corrected chi connectivity index (χ0v) is 18.8. The van der Waals surface area contributed by atoms with E-state index < -0.39 is 27.9 Å². The SMILES string of the molecule is COC(=O)c1c(NC(=O)C2CCCN2S(=O)(=O)c2ccc(Cl)s2)sc2c1CCC2. The maximum atomic E-state index is 13.0. The van der Waals surface area contributed by atoms with E-state index in [-0.39, 0.29) is 10.8 Å². The molecule has 1 amide bonds. The van der Waals surface area contributed by atoms with Crippen LogP contribution in [0, 0.1) is 0 Å². The van der Waals surface area contributed by atoms with Crippen LogP contribution in [0.25, 0.3) is 0 Å². The summed E-state index contributed by atoms with van der Waals surface area (Å²) < 4.78 is 32.6. The Kier molecular flexibility index (Phi) is 5.73. The van der Waals surface area contributed by atoms with Crippen molar-refractivity contribution in [1.29, 1.82) is 0 Å². The molecule has 0 saturated carbocycles. The maximum Gasteiger partial charge on any atom is 0.341 e. The highest BCUT2D eigenvalue weighted by Gasteiger charge is 2.41. The van der Waals surface area contributed by atoms with Crippen molar-refractivity contribution in [3.05, 3.63) is 32.5 Å². The van der Waals surface area contributed by atoms with E-state index >= 15 is 0 Å². The van der Waals surface area contributed by atoms with Gasteiger partial charge in [0.2, 0.25) is 5.91 Å². The first kappa shape index (κ1) is 20.8. The number of sulfonamides is 1. The van der Waals surface area contributed by atoms with Gasteiger partial charge in [-0.2, -0.15) is 4.31 Å². The van der Waals surface area contributed by atoms with Gasteiger partial charge in [-0.15, -0.1) is 22.7 Å². The van der Waals surface area contributed by atoms with Gasteiger partial charge < -0.3 is 10.1 Å². The zero-order chi connectivity index (χ0) is 20.8. The van der Waals surface area contributed by atoms with E-state index in [0.717, 1.165) is 41.0 Å². The number of amides is 1. The van der Waals surface area contributed by atoms with Crippen LogP contribution in [0.5, 0.6) is 0 Å². The molecule has 1 atom stereocenters. The molecule has 1 aliphatic heterocycles. The Labute approximate surface area is 181 Å². The molecule has 29 heavy (non-hydrogen) atoms. The predicted molar refractivity (Wildman–Crippen MR) is 113 cm³/mol. The lowest BCUT2D eigenvalue weighted by Crippen LogP contribution is -2.42. The Morgan fingerprint density at radius 3 is 2.72 bits per heavy atom. The summed E-state index contributed by atoms with van der Waals surface area (Å²) in [5, 5.41) is 3.25. The number of esters is 1. The Hall–Kier alpha value is -1.46. The molecule has 7 nitrogen and oxygen atoms in total. The highest BCUT2D eigenvalue weighted by Crippen LogP contribution is 2.40. The maximum absolute atomic E-state index is 13.0. The zero-order valence-electron chi connectivity index (χ0n) is 15.6. The average molecular weight is 475 g/mol. The molecule has 156 valence electrons. The summed E-state index contributed by atoms with van der Waals surface area (Å²) in [5.41, 5.74) is 1.33. The number of nitrogens with one attached hydrogen (secondary N) is 1. The van der Waals surface area contributed by atoms with Crippen molar-refractivity contribution in [1.82, 2.24) is 4.31 Å². The van der Waals surface area contributed by atoms with Crippen molar-refractivity contribution in [2.45, 2.75) is 42.4 Å². The number of carbonyl (C=O) groups excluding carboxylic acids is 2. The number of hydrogen-bond acceptors (Lipinski definition) is 7. The molecule has 0 spiro atoms. The number of carbonyl (C=O) groups is 2. The van der Waals surface area contributed by atoms with Gasteiger partial charge in [-0.05, 0) is 49.8 Å². The number of aryl methyl sites for hydroxylation is 1. The Balaban J connectivity index is 1.60. The number of fused-ring (bicyclic) bond motifs is 1. The predicted octanol–water partition coefficient (Wildman–Crippen LogP) is 3.53. The molecule has 2 aromatic rings. The second-order valence-electron chi connectivity index (χ2n) is 6.87. The van der Waals surface area contributed by atoms with Crippen molar-refractivity contribution < 1.29 is 22.7 Å². The van der Waals surface area contributed by atoms with E-state index in [1.54, 1.807) is 0 Å². The fourth-order valence-electron chi connectivity index (χ4n) is 3.85. The fraction of sp³-hybridized carbons (Fsp3) is 0.444. The molecule has 1 aliphatic carbocycles. The average Bonchev–Trinajstić information content (AvgIpc) is 3.44. The van der Waals surface area contributed by atoms with Gasteiger partial charge in [-0.3, -0.25) is 4.79 Å². The fourth-order valence-corrected chi connectivity index (χ4v) is 8.40. The van der Waals surface area contributed by atoms with E-state index in [4.69, 9.17) is 16.3 Å². The molecular weight excluding hydrogens is 456 g/mol. The number of nitrogens with zero attached hydrogens (tertiary/aromatic N) is 1. The monoisotopic (exact) mass is 474 g/mol. The van der Waals surface area contributed by atoms with Gasteiger partial charge in [0.25, 0.3) is 10.0 Å². The molecule has 4 rings (SSSR count). The quantitative estimate of drug-likeness (QED) is 0.669. The third kappa shape index (κ3) is 3.72. The Morgan fingerprint density at radius 1 is 1.24 bits per heavy atom. The molecule has 0 aromatic carbocycles. The highest BCUT2D eigenvalue weighted by atomic mass is 35.5. The van der Waals surface area contributed by atoms with E-state index in [2.05, 4.69) is 5.32 Å². The number of rotatable bonds is 5. The topological polar surface area (TPSA) is 92.8 Å². The van der Waals surface area contributed by atoms with E-state index in [1.807, 2.05) is 0 Å². The Morgan fingerprint density at radius 2 is 2.03 bits per heavy atom. The lowest BCUT2D eigenvalue weighted by Gasteiger charge is -2.22. The molecular formula is C18H19ClN2O5S3. The van der Waals surface area contributed by atoms with Crippen molar-refractivity contribution in [3.63, 3.8) is 0 Å². The molecule has 1 N–H and O–H groups in total. The first-order valence-corrected chi connectivity index (χ1v) is 12.6. The highest BCUT2D eigenvalue weighted by molar-refractivity contribution is 7.91. The van der Waals surface area contributed by atoms with Crippen LogP contribution in [0.15, 0.2) is 16.3 Å². The summed E-state index contributed by atoms with van der Waals surface area (Å²) in [6.07, 6.45) is 3.61. The summed E-state index contributed by atoms with van der Waals surface area (Å²) >= 11 is 8.23. The van der Waals surface area contributed by atoms with Crippen molar-refractivity contribution in [3.8, 4) is 0 Å². The van der Waals surface area contributed by atoms with E-state index in [9.17, 15) is 18.0 Å². The largest absolute Gasteiger partial charge is 0.465 e. The van der Waals surface area contributed by atoms with E-state index in [1.165, 1.54) is 34.9 Å². The Bertz CT molecular complexity index is 1080. The minimum atomic E-state index is -3.81. The molecule has 1 unspecified atom stereocenters. The van der Waals surface area contributed by atoms with Gasteiger partial charge in [-0.1, -0.05) is 11.6 Å². The normalized spacial score (nSPS) is 19.3. The van der Waals surface area contributed by atoms with Gasteiger partial charge in [0, 0.05) is 11.4 Å². The van der Waals surface area contributed by atoms with Crippen LogP contribution < -0.4 is 5.32 Å². The van der Waals surface area contributed by atoms with Crippen LogP contribution in [0.3, 0.4) is 0 Å². The minimum absolute atomic E-state index is 0.118. The van der Waals surface area contributed by atoms with Crippen LogP contribution in [-0.4, -0.2) is 44.3 Å². The van der Waals surface area contributed by atoms with Crippen LogP contribution in [0.2, 0.25) is 4.34 Å². The minimum Gasteiger partial charge on any atom is -0.465 e. The first-order valence-electron chi connectivity index (χ1n) is 9.14. The summed E-state index contributed by atoms with van der Waals surface area (Å²) in [6.45, 7) is 0.265. The van der Waals surface area contributed by atoms with Crippen molar-refractivity contribution in [2.24, 2.45) is 0 Å². The lowest BCUT2D eigenvalue weighted by atomic mass is 10.1. The lowest BCUT2D eigenvalue weighted by molar-refractivity contribution is -0.119.